The maximum atomic E-state index is 5.98. The molecule has 0 fully saturated rings. The van der Waals surface area contributed by atoms with Crippen molar-refractivity contribution in [3.05, 3.63) is 52.4 Å². The normalized spacial score (nSPS) is 12.4. The van der Waals surface area contributed by atoms with Crippen molar-refractivity contribution in [2.75, 3.05) is 33.1 Å². The van der Waals surface area contributed by atoms with Gasteiger partial charge in [0, 0.05) is 30.4 Å². The van der Waals surface area contributed by atoms with Crippen LogP contribution < -0.4 is 5.32 Å². The third-order valence-corrected chi connectivity index (χ3v) is 3.78. The van der Waals surface area contributed by atoms with Gasteiger partial charge in [0.05, 0.1) is 6.04 Å². The van der Waals surface area contributed by atoms with E-state index in [0.29, 0.717) is 12.4 Å². The number of anilines is 1. The van der Waals surface area contributed by atoms with Gasteiger partial charge in [-0.2, -0.15) is 0 Å². The molecule has 0 spiro atoms. The second kappa shape index (κ2) is 8.24. The van der Waals surface area contributed by atoms with Gasteiger partial charge in [0.15, 0.2) is 5.82 Å². The molecule has 0 aliphatic rings. The van der Waals surface area contributed by atoms with E-state index in [4.69, 9.17) is 16.3 Å². The highest BCUT2D eigenvalue weighted by molar-refractivity contribution is 6.30. The van der Waals surface area contributed by atoms with E-state index in [1.165, 1.54) is 5.56 Å². The van der Waals surface area contributed by atoms with Crippen molar-refractivity contribution in [3.8, 4) is 0 Å². The van der Waals surface area contributed by atoms with E-state index in [1.54, 1.807) is 7.11 Å². The van der Waals surface area contributed by atoms with Gasteiger partial charge in [-0.15, -0.1) is 0 Å². The van der Waals surface area contributed by atoms with Crippen LogP contribution in [0.1, 0.15) is 23.1 Å². The smallest absolute Gasteiger partial charge is 0.156 e. The fourth-order valence-corrected chi connectivity index (χ4v) is 2.52. The molecule has 1 heterocycles. The summed E-state index contributed by atoms with van der Waals surface area (Å²) in [5.74, 6) is 1.49. The van der Waals surface area contributed by atoms with Gasteiger partial charge in [0.25, 0.3) is 0 Å². The summed E-state index contributed by atoms with van der Waals surface area (Å²) in [4.78, 5) is 11.0. The number of rotatable bonds is 7. The highest BCUT2D eigenvalue weighted by Gasteiger charge is 2.14. The zero-order valence-electron chi connectivity index (χ0n) is 14.0. The Bertz CT molecular complexity index is 631. The van der Waals surface area contributed by atoms with Crippen molar-refractivity contribution in [2.45, 2.75) is 19.6 Å². The summed E-state index contributed by atoms with van der Waals surface area (Å²) >= 11 is 5.98. The van der Waals surface area contributed by atoms with Crippen molar-refractivity contribution in [1.29, 1.82) is 0 Å². The molecule has 0 aliphatic heterocycles. The van der Waals surface area contributed by atoms with Crippen molar-refractivity contribution >= 4 is 17.4 Å². The maximum absolute atomic E-state index is 5.98. The summed E-state index contributed by atoms with van der Waals surface area (Å²) in [5.41, 5.74) is 2.12. The molecule has 1 N–H and O–H groups in total. The lowest BCUT2D eigenvalue weighted by molar-refractivity contribution is 0.177. The Morgan fingerprint density at radius 3 is 2.52 bits per heavy atom. The molecule has 124 valence electrons. The van der Waals surface area contributed by atoms with Gasteiger partial charge in [0.2, 0.25) is 0 Å². The lowest BCUT2D eigenvalue weighted by Gasteiger charge is -2.25. The SMILES string of the molecule is COCc1nc(C)cc(NCC(c2ccc(Cl)cc2)N(C)C)n1. The van der Waals surface area contributed by atoms with Crippen LogP contribution in [0.4, 0.5) is 5.82 Å². The molecule has 0 bridgehead atoms. The van der Waals surface area contributed by atoms with Gasteiger partial charge >= 0.3 is 0 Å². The van der Waals surface area contributed by atoms with E-state index in [0.717, 1.165) is 23.1 Å². The molecule has 1 aromatic carbocycles. The molecule has 2 aromatic rings. The number of ether oxygens (including phenoxy) is 1. The van der Waals surface area contributed by atoms with Crippen LogP contribution in [-0.2, 0) is 11.3 Å². The number of benzene rings is 1. The largest absolute Gasteiger partial charge is 0.377 e. The van der Waals surface area contributed by atoms with E-state index in [9.17, 15) is 0 Å². The predicted molar refractivity (Wildman–Crippen MR) is 93.9 cm³/mol. The highest BCUT2D eigenvalue weighted by Crippen LogP contribution is 2.21. The number of nitrogens with zero attached hydrogens (tertiary/aromatic N) is 3. The summed E-state index contributed by atoms with van der Waals surface area (Å²) in [6, 6.07) is 10.1. The van der Waals surface area contributed by atoms with Gasteiger partial charge < -0.3 is 15.0 Å². The van der Waals surface area contributed by atoms with Crippen LogP contribution in [0.2, 0.25) is 5.02 Å². The van der Waals surface area contributed by atoms with E-state index in [2.05, 4.69) is 46.4 Å². The average Bonchev–Trinajstić information content (AvgIpc) is 2.49. The molecule has 5 nitrogen and oxygen atoms in total. The van der Waals surface area contributed by atoms with Crippen molar-refractivity contribution in [1.82, 2.24) is 14.9 Å². The molecule has 0 saturated heterocycles. The number of aromatic nitrogens is 2. The molecule has 2 rings (SSSR count). The second-order valence-electron chi connectivity index (χ2n) is 5.66. The average molecular weight is 335 g/mol. The van der Waals surface area contributed by atoms with Crippen LogP contribution in [0.5, 0.6) is 0 Å². The number of nitrogens with one attached hydrogen (secondary N) is 1. The van der Waals surface area contributed by atoms with Crippen molar-refractivity contribution in [2.24, 2.45) is 0 Å². The van der Waals surface area contributed by atoms with Crippen LogP contribution in [-0.4, -0.2) is 42.6 Å². The monoisotopic (exact) mass is 334 g/mol. The van der Waals surface area contributed by atoms with E-state index < -0.39 is 0 Å². The van der Waals surface area contributed by atoms with Crippen LogP contribution >= 0.6 is 11.6 Å². The third kappa shape index (κ3) is 5.16. The first kappa shape index (κ1) is 17.7. The fraction of sp³-hybridized carbons (Fsp3) is 0.412. The Hall–Kier alpha value is -1.69. The predicted octanol–water partition coefficient (Wildman–Crippen LogP) is 3.30. The molecule has 0 radical (unpaired) electrons. The molecule has 0 aliphatic carbocycles. The van der Waals surface area contributed by atoms with Crippen molar-refractivity contribution in [3.63, 3.8) is 0 Å². The first-order valence-electron chi connectivity index (χ1n) is 7.49. The molecule has 1 unspecified atom stereocenters. The van der Waals surface area contributed by atoms with Gasteiger partial charge in [-0.25, -0.2) is 9.97 Å². The molecule has 0 amide bonds. The maximum Gasteiger partial charge on any atom is 0.156 e. The van der Waals surface area contributed by atoms with Crippen molar-refractivity contribution < 1.29 is 4.74 Å². The summed E-state index contributed by atoms with van der Waals surface area (Å²) < 4.78 is 5.11. The number of hydrogen-bond acceptors (Lipinski definition) is 5. The lowest BCUT2D eigenvalue weighted by Crippen LogP contribution is -2.27. The van der Waals surface area contributed by atoms with Crippen LogP contribution in [0, 0.1) is 6.92 Å². The van der Waals surface area contributed by atoms with E-state index >= 15 is 0 Å². The molecular weight excluding hydrogens is 312 g/mol. The third-order valence-electron chi connectivity index (χ3n) is 3.53. The number of aryl methyl sites for hydroxylation is 1. The minimum absolute atomic E-state index is 0.216. The zero-order valence-corrected chi connectivity index (χ0v) is 14.8. The topological polar surface area (TPSA) is 50.3 Å². The molecule has 0 saturated carbocycles. The second-order valence-corrected chi connectivity index (χ2v) is 6.09. The minimum Gasteiger partial charge on any atom is -0.377 e. The minimum atomic E-state index is 0.216. The first-order valence-corrected chi connectivity index (χ1v) is 7.86. The summed E-state index contributed by atoms with van der Waals surface area (Å²) in [6.07, 6.45) is 0. The van der Waals surface area contributed by atoms with Gasteiger partial charge in [-0.3, -0.25) is 0 Å². The molecular formula is C17H23ClN4O. The molecule has 1 aromatic heterocycles. The molecule has 23 heavy (non-hydrogen) atoms. The van der Waals surface area contributed by atoms with Crippen LogP contribution in [0.15, 0.2) is 30.3 Å². The van der Waals surface area contributed by atoms with E-state index in [-0.39, 0.29) is 6.04 Å². The fourth-order valence-electron chi connectivity index (χ4n) is 2.40. The molecule has 1 atom stereocenters. The summed E-state index contributed by atoms with van der Waals surface area (Å²) in [5, 5.41) is 4.14. The summed E-state index contributed by atoms with van der Waals surface area (Å²) in [7, 11) is 5.76. The summed E-state index contributed by atoms with van der Waals surface area (Å²) in [6.45, 7) is 3.09. The van der Waals surface area contributed by atoms with Crippen LogP contribution in [0.3, 0.4) is 0 Å². The first-order chi connectivity index (χ1) is 11.0. The molecule has 6 heteroatoms. The number of likely N-dealkylation sites (N-methyl/N-ethyl adjacent to an activating group) is 1. The lowest BCUT2D eigenvalue weighted by atomic mass is 10.1. The Kier molecular flexibility index (Phi) is 6.33. The Morgan fingerprint density at radius 1 is 1.22 bits per heavy atom. The number of methoxy groups -OCH3 is 1. The zero-order chi connectivity index (χ0) is 16.8. The Labute approximate surface area is 142 Å². The van der Waals surface area contributed by atoms with Gasteiger partial charge in [0.1, 0.15) is 12.4 Å². The number of halogens is 1. The highest BCUT2D eigenvalue weighted by atomic mass is 35.5. The number of hydrogen-bond donors (Lipinski definition) is 1. The standard InChI is InChI=1S/C17H23ClN4O/c1-12-9-16(21-17(20-12)11-23-4)19-10-15(22(2)3)13-5-7-14(18)8-6-13/h5-9,15H,10-11H2,1-4H3,(H,19,20,21). The van der Waals surface area contributed by atoms with E-state index in [1.807, 2.05) is 25.1 Å². The van der Waals surface area contributed by atoms with Gasteiger partial charge in [-0.05, 0) is 38.7 Å². The Balaban J connectivity index is 2.11. The quantitative estimate of drug-likeness (QED) is 0.842. The van der Waals surface area contributed by atoms with Crippen LogP contribution in [0.25, 0.3) is 0 Å². The van der Waals surface area contributed by atoms with Gasteiger partial charge in [-0.1, -0.05) is 23.7 Å². The Morgan fingerprint density at radius 2 is 1.91 bits per heavy atom.